The summed E-state index contributed by atoms with van der Waals surface area (Å²) in [6, 6.07) is 4.58. The number of benzene rings is 1. The largest absolute Gasteiger partial charge is 0.493 e. The summed E-state index contributed by atoms with van der Waals surface area (Å²) in [7, 11) is 1.48. The Labute approximate surface area is 70.9 Å². The van der Waals surface area contributed by atoms with Crippen LogP contribution in [0.15, 0.2) is 18.2 Å². The van der Waals surface area contributed by atoms with E-state index >= 15 is 0 Å². The third-order valence-corrected chi connectivity index (χ3v) is 1.44. The number of ether oxygens (including phenoxy) is 2. The number of para-hydroxylation sites is 1. The molecule has 0 atom stereocenters. The second-order valence-corrected chi connectivity index (χ2v) is 2.20. The number of hydrogen-bond donors (Lipinski definition) is 0. The molecule has 0 aliphatic heterocycles. The van der Waals surface area contributed by atoms with Crippen LogP contribution in [-0.2, 0) is 0 Å². The van der Waals surface area contributed by atoms with E-state index in [1.54, 1.807) is 19.1 Å². The Morgan fingerprint density at radius 2 is 2.17 bits per heavy atom. The molecule has 0 N–H and O–H groups in total. The van der Waals surface area contributed by atoms with Gasteiger partial charge in [-0.2, -0.15) is 0 Å². The summed E-state index contributed by atoms with van der Waals surface area (Å²) < 4.78 is 23.0. The number of methoxy groups -OCH3 is 1. The van der Waals surface area contributed by atoms with Crippen molar-refractivity contribution in [1.29, 1.82) is 0 Å². The highest BCUT2D eigenvalue weighted by Crippen LogP contribution is 2.29. The van der Waals surface area contributed by atoms with Crippen LogP contribution in [0, 0.1) is 5.82 Å². The van der Waals surface area contributed by atoms with E-state index in [-0.39, 0.29) is 5.75 Å². The Kier molecular flexibility index (Phi) is 2.91. The number of rotatable bonds is 3. The molecule has 3 heteroatoms. The van der Waals surface area contributed by atoms with Gasteiger partial charge in [-0.3, -0.25) is 0 Å². The second kappa shape index (κ2) is 3.95. The zero-order valence-electron chi connectivity index (χ0n) is 7.13. The highest BCUT2D eigenvalue weighted by molar-refractivity contribution is 5.40. The lowest BCUT2D eigenvalue weighted by atomic mass is 10.3. The standard InChI is InChI=1S/C9H11FO2/c1-3-12-9-7(10)5-4-6-8(9)11-2/h4-6H,3H2,1-2H3. The van der Waals surface area contributed by atoms with Crippen LogP contribution in [0.3, 0.4) is 0 Å². The first-order valence-corrected chi connectivity index (χ1v) is 3.75. The lowest BCUT2D eigenvalue weighted by Crippen LogP contribution is -1.97. The maximum absolute atomic E-state index is 13.0. The summed E-state index contributed by atoms with van der Waals surface area (Å²) in [4.78, 5) is 0. The van der Waals surface area contributed by atoms with E-state index in [1.165, 1.54) is 13.2 Å². The molecule has 1 aromatic rings. The third kappa shape index (κ3) is 1.67. The summed E-state index contributed by atoms with van der Waals surface area (Å²) in [5.74, 6) is 0.218. The fourth-order valence-electron chi connectivity index (χ4n) is 0.934. The topological polar surface area (TPSA) is 18.5 Å². The Morgan fingerprint density at radius 3 is 2.75 bits per heavy atom. The summed E-state index contributed by atoms with van der Waals surface area (Å²) >= 11 is 0. The van der Waals surface area contributed by atoms with Crippen LogP contribution < -0.4 is 9.47 Å². The fraction of sp³-hybridized carbons (Fsp3) is 0.333. The highest BCUT2D eigenvalue weighted by atomic mass is 19.1. The van der Waals surface area contributed by atoms with Crippen LogP contribution in [-0.4, -0.2) is 13.7 Å². The van der Waals surface area contributed by atoms with Crippen molar-refractivity contribution >= 4 is 0 Å². The van der Waals surface area contributed by atoms with Gasteiger partial charge < -0.3 is 9.47 Å². The minimum Gasteiger partial charge on any atom is -0.493 e. The molecule has 0 fully saturated rings. The van der Waals surface area contributed by atoms with Gasteiger partial charge in [0.15, 0.2) is 17.3 Å². The van der Waals surface area contributed by atoms with Gasteiger partial charge in [0.1, 0.15) is 0 Å². The van der Waals surface area contributed by atoms with Gasteiger partial charge in [0, 0.05) is 0 Å². The van der Waals surface area contributed by atoms with Crippen molar-refractivity contribution < 1.29 is 13.9 Å². The summed E-state index contributed by atoms with van der Waals surface area (Å²) in [6.45, 7) is 2.23. The predicted octanol–water partition coefficient (Wildman–Crippen LogP) is 2.23. The normalized spacial score (nSPS) is 9.58. The molecule has 0 saturated heterocycles. The first kappa shape index (κ1) is 8.84. The van der Waals surface area contributed by atoms with Crippen LogP contribution in [0.1, 0.15) is 6.92 Å². The molecule has 0 spiro atoms. The van der Waals surface area contributed by atoms with Crippen LogP contribution in [0.4, 0.5) is 4.39 Å². The van der Waals surface area contributed by atoms with Crippen molar-refractivity contribution in [3.63, 3.8) is 0 Å². The Balaban J connectivity index is 3.02. The maximum Gasteiger partial charge on any atom is 0.197 e. The molecule has 0 unspecified atom stereocenters. The monoisotopic (exact) mass is 170 g/mol. The second-order valence-electron chi connectivity index (χ2n) is 2.20. The average molecular weight is 170 g/mol. The van der Waals surface area contributed by atoms with Gasteiger partial charge in [-0.15, -0.1) is 0 Å². The Hall–Kier alpha value is -1.25. The number of halogens is 1. The van der Waals surface area contributed by atoms with Crippen molar-refractivity contribution in [2.45, 2.75) is 6.92 Å². The molecule has 2 nitrogen and oxygen atoms in total. The lowest BCUT2D eigenvalue weighted by molar-refractivity contribution is 0.294. The van der Waals surface area contributed by atoms with E-state index in [1.807, 2.05) is 0 Å². The fourth-order valence-corrected chi connectivity index (χ4v) is 0.934. The van der Waals surface area contributed by atoms with E-state index < -0.39 is 5.82 Å². The first-order chi connectivity index (χ1) is 5.79. The minimum atomic E-state index is -0.392. The van der Waals surface area contributed by atoms with Crippen molar-refractivity contribution in [3.05, 3.63) is 24.0 Å². The van der Waals surface area contributed by atoms with E-state index in [4.69, 9.17) is 9.47 Å². The molecule has 0 aromatic heterocycles. The quantitative estimate of drug-likeness (QED) is 0.692. The maximum atomic E-state index is 13.0. The van der Waals surface area contributed by atoms with E-state index in [0.717, 1.165) is 0 Å². The van der Waals surface area contributed by atoms with Gasteiger partial charge in [-0.05, 0) is 19.1 Å². The molecular weight excluding hydrogens is 159 g/mol. The first-order valence-electron chi connectivity index (χ1n) is 3.75. The zero-order valence-corrected chi connectivity index (χ0v) is 7.13. The van der Waals surface area contributed by atoms with E-state index in [0.29, 0.717) is 12.4 Å². The molecule has 0 bridgehead atoms. The van der Waals surface area contributed by atoms with Gasteiger partial charge in [0.2, 0.25) is 0 Å². The van der Waals surface area contributed by atoms with Crippen LogP contribution in [0.5, 0.6) is 11.5 Å². The van der Waals surface area contributed by atoms with Crippen molar-refractivity contribution in [1.82, 2.24) is 0 Å². The molecule has 12 heavy (non-hydrogen) atoms. The van der Waals surface area contributed by atoms with Crippen molar-refractivity contribution in [3.8, 4) is 11.5 Å². The van der Waals surface area contributed by atoms with Crippen LogP contribution in [0.2, 0.25) is 0 Å². The molecular formula is C9H11FO2. The smallest absolute Gasteiger partial charge is 0.197 e. The molecule has 66 valence electrons. The summed E-state index contributed by atoms with van der Waals surface area (Å²) in [5.41, 5.74) is 0. The summed E-state index contributed by atoms with van der Waals surface area (Å²) in [5, 5.41) is 0. The molecule has 1 aromatic carbocycles. The van der Waals surface area contributed by atoms with E-state index in [2.05, 4.69) is 0 Å². The average Bonchev–Trinajstić information content (AvgIpc) is 2.09. The van der Waals surface area contributed by atoms with Crippen molar-refractivity contribution in [2.24, 2.45) is 0 Å². The lowest BCUT2D eigenvalue weighted by Gasteiger charge is -2.08. The molecule has 1 rings (SSSR count). The molecule has 0 saturated carbocycles. The van der Waals surface area contributed by atoms with Gasteiger partial charge in [-0.1, -0.05) is 6.07 Å². The summed E-state index contributed by atoms with van der Waals surface area (Å²) in [6.07, 6.45) is 0. The van der Waals surface area contributed by atoms with Crippen LogP contribution in [0.25, 0.3) is 0 Å². The van der Waals surface area contributed by atoms with Gasteiger partial charge in [-0.25, -0.2) is 4.39 Å². The molecule has 0 aliphatic rings. The van der Waals surface area contributed by atoms with Gasteiger partial charge in [0.25, 0.3) is 0 Å². The zero-order chi connectivity index (χ0) is 8.97. The highest BCUT2D eigenvalue weighted by Gasteiger charge is 2.08. The van der Waals surface area contributed by atoms with Gasteiger partial charge >= 0.3 is 0 Å². The molecule has 0 aliphatic carbocycles. The minimum absolute atomic E-state index is 0.183. The third-order valence-electron chi connectivity index (χ3n) is 1.44. The predicted molar refractivity (Wildman–Crippen MR) is 44.1 cm³/mol. The molecule has 0 heterocycles. The van der Waals surface area contributed by atoms with Crippen molar-refractivity contribution in [2.75, 3.05) is 13.7 Å². The molecule has 0 amide bonds. The van der Waals surface area contributed by atoms with E-state index in [9.17, 15) is 4.39 Å². The van der Waals surface area contributed by atoms with Gasteiger partial charge in [0.05, 0.1) is 13.7 Å². The number of hydrogen-bond acceptors (Lipinski definition) is 2. The molecule has 0 radical (unpaired) electrons. The van der Waals surface area contributed by atoms with Crippen LogP contribution >= 0.6 is 0 Å². The SMILES string of the molecule is CCOc1c(F)cccc1OC. The Morgan fingerprint density at radius 1 is 1.42 bits per heavy atom. The Bertz CT molecular complexity index is 261.